The van der Waals surface area contributed by atoms with Gasteiger partial charge in [0, 0.05) is 24.5 Å². The SMILES string of the molecule is O=C(c1ccccc1)N1CCC[C@@H]1c1cnc(-c2ncc[nH]2)cn1. The number of aromatic amines is 1. The topological polar surface area (TPSA) is 74.8 Å². The number of amides is 1. The molecule has 0 bridgehead atoms. The van der Waals surface area contributed by atoms with Gasteiger partial charge in [-0.2, -0.15) is 0 Å². The van der Waals surface area contributed by atoms with E-state index in [4.69, 9.17) is 0 Å². The fraction of sp³-hybridized carbons (Fsp3) is 0.222. The molecule has 3 aromatic rings. The Kier molecular flexibility index (Phi) is 3.78. The van der Waals surface area contributed by atoms with Gasteiger partial charge >= 0.3 is 0 Å². The zero-order chi connectivity index (χ0) is 16.4. The number of nitrogens with one attached hydrogen (secondary N) is 1. The van der Waals surface area contributed by atoms with E-state index in [1.54, 1.807) is 24.8 Å². The van der Waals surface area contributed by atoms with Gasteiger partial charge in [-0.1, -0.05) is 18.2 Å². The van der Waals surface area contributed by atoms with Gasteiger partial charge in [0.2, 0.25) is 0 Å². The Morgan fingerprint density at radius 2 is 2.00 bits per heavy atom. The van der Waals surface area contributed by atoms with Crippen LogP contribution in [0.4, 0.5) is 0 Å². The summed E-state index contributed by atoms with van der Waals surface area (Å²) in [5.74, 6) is 0.743. The van der Waals surface area contributed by atoms with Gasteiger partial charge in [0.05, 0.1) is 24.1 Å². The van der Waals surface area contributed by atoms with Crippen molar-refractivity contribution in [3.8, 4) is 11.5 Å². The molecule has 3 heterocycles. The summed E-state index contributed by atoms with van der Waals surface area (Å²) in [5.41, 5.74) is 2.24. The van der Waals surface area contributed by atoms with Crippen molar-refractivity contribution in [2.24, 2.45) is 0 Å². The number of hydrogen-bond acceptors (Lipinski definition) is 4. The number of carbonyl (C=O) groups is 1. The average molecular weight is 319 g/mol. The van der Waals surface area contributed by atoms with Crippen LogP contribution in [0.3, 0.4) is 0 Å². The smallest absolute Gasteiger partial charge is 0.254 e. The van der Waals surface area contributed by atoms with Crippen molar-refractivity contribution >= 4 is 5.91 Å². The van der Waals surface area contributed by atoms with Gasteiger partial charge in [-0.3, -0.25) is 9.78 Å². The van der Waals surface area contributed by atoms with Crippen LogP contribution in [0.25, 0.3) is 11.5 Å². The maximum Gasteiger partial charge on any atom is 0.254 e. The number of imidazole rings is 1. The van der Waals surface area contributed by atoms with Gasteiger partial charge in [0.15, 0.2) is 5.82 Å². The van der Waals surface area contributed by atoms with Crippen LogP contribution < -0.4 is 0 Å². The number of hydrogen-bond donors (Lipinski definition) is 1. The second kappa shape index (κ2) is 6.23. The Labute approximate surface area is 139 Å². The molecule has 1 fully saturated rings. The van der Waals surface area contributed by atoms with E-state index in [1.807, 2.05) is 35.2 Å². The molecule has 6 heteroatoms. The lowest BCUT2D eigenvalue weighted by atomic mass is 10.1. The molecule has 2 aromatic heterocycles. The molecule has 0 saturated carbocycles. The van der Waals surface area contributed by atoms with E-state index in [2.05, 4.69) is 19.9 Å². The fourth-order valence-corrected chi connectivity index (χ4v) is 3.10. The first kappa shape index (κ1) is 14.6. The van der Waals surface area contributed by atoms with Crippen LogP contribution in [0.15, 0.2) is 55.1 Å². The van der Waals surface area contributed by atoms with E-state index < -0.39 is 0 Å². The maximum absolute atomic E-state index is 12.7. The minimum atomic E-state index is -0.0177. The zero-order valence-electron chi connectivity index (χ0n) is 13.1. The van der Waals surface area contributed by atoms with E-state index in [0.29, 0.717) is 17.1 Å². The molecule has 6 nitrogen and oxygen atoms in total. The minimum absolute atomic E-state index is 0.0177. The lowest BCUT2D eigenvalue weighted by Crippen LogP contribution is -2.31. The van der Waals surface area contributed by atoms with Gasteiger partial charge < -0.3 is 9.88 Å². The highest BCUT2D eigenvalue weighted by Gasteiger charge is 2.31. The third kappa shape index (κ3) is 2.67. The standard InChI is InChI=1S/C18H17N5O/c24-18(13-5-2-1-3-6-13)23-10-4-7-16(23)14-11-22-15(12-21-14)17-19-8-9-20-17/h1-3,5-6,8-9,11-12,16H,4,7,10H2,(H,19,20)/t16-/m1/s1. The maximum atomic E-state index is 12.7. The number of H-pyrrole nitrogens is 1. The Hall–Kier alpha value is -3.02. The van der Waals surface area contributed by atoms with E-state index in [1.165, 1.54) is 0 Å². The van der Waals surface area contributed by atoms with E-state index in [9.17, 15) is 4.79 Å². The first-order valence-corrected chi connectivity index (χ1v) is 8.00. The number of aromatic nitrogens is 4. The zero-order valence-corrected chi connectivity index (χ0v) is 13.1. The Balaban J connectivity index is 1.58. The van der Waals surface area contributed by atoms with Crippen molar-refractivity contribution in [3.63, 3.8) is 0 Å². The molecule has 1 N–H and O–H groups in total. The lowest BCUT2D eigenvalue weighted by molar-refractivity contribution is 0.0732. The second-order valence-electron chi connectivity index (χ2n) is 5.79. The number of carbonyl (C=O) groups excluding carboxylic acids is 1. The summed E-state index contributed by atoms with van der Waals surface area (Å²) >= 11 is 0. The molecule has 0 radical (unpaired) electrons. The van der Waals surface area contributed by atoms with E-state index >= 15 is 0 Å². The number of rotatable bonds is 3. The molecule has 1 aliphatic heterocycles. The van der Waals surface area contributed by atoms with Gasteiger partial charge in [0.25, 0.3) is 5.91 Å². The Morgan fingerprint density at radius 3 is 2.71 bits per heavy atom. The third-order valence-electron chi connectivity index (χ3n) is 4.29. The van der Waals surface area contributed by atoms with Crippen molar-refractivity contribution in [1.82, 2.24) is 24.8 Å². The van der Waals surface area contributed by atoms with Crippen molar-refractivity contribution in [2.45, 2.75) is 18.9 Å². The molecule has 1 amide bonds. The van der Waals surface area contributed by atoms with Crippen molar-refractivity contribution in [2.75, 3.05) is 6.54 Å². The molecule has 1 atom stereocenters. The van der Waals surface area contributed by atoms with Crippen LogP contribution in [-0.4, -0.2) is 37.3 Å². The van der Waals surface area contributed by atoms with Crippen molar-refractivity contribution in [1.29, 1.82) is 0 Å². The monoisotopic (exact) mass is 319 g/mol. The molecule has 0 aliphatic carbocycles. The van der Waals surface area contributed by atoms with Gasteiger partial charge in [-0.15, -0.1) is 0 Å². The number of benzene rings is 1. The molecule has 0 unspecified atom stereocenters. The molecule has 1 saturated heterocycles. The van der Waals surface area contributed by atoms with Gasteiger partial charge in [-0.05, 0) is 25.0 Å². The first-order valence-electron chi connectivity index (χ1n) is 8.00. The summed E-state index contributed by atoms with van der Waals surface area (Å²) in [6.07, 6.45) is 8.78. The number of likely N-dealkylation sites (tertiary alicyclic amines) is 1. The molecular formula is C18H17N5O. The van der Waals surface area contributed by atoms with Gasteiger partial charge in [-0.25, -0.2) is 9.97 Å². The van der Waals surface area contributed by atoms with Crippen LogP contribution in [0.2, 0.25) is 0 Å². The normalized spacial score (nSPS) is 17.2. The molecule has 120 valence electrons. The van der Waals surface area contributed by atoms with Crippen molar-refractivity contribution < 1.29 is 4.79 Å². The quantitative estimate of drug-likeness (QED) is 0.805. The van der Waals surface area contributed by atoms with Crippen LogP contribution in [0.5, 0.6) is 0 Å². The summed E-state index contributed by atoms with van der Waals surface area (Å²) < 4.78 is 0. The summed E-state index contributed by atoms with van der Waals surface area (Å²) in [6.45, 7) is 0.750. The van der Waals surface area contributed by atoms with Crippen LogP contribution in [-0.2, 0) is 0 Å². The highest BCUT2D eigenvalue weighted by atomic mass is 16.2. The predicted octanol–water partition coefficient (Wildman–Crippen LogP) is 2.84. The largest absolute Gasteiger partial charge is 0.343 e. The molecule has 1 aliphatic rings. The highest BCUT2D eigenvalue weighted by Crippen LogP contribution is 2.32. The molecule has 0 spiro atoms. The summed E-state index contributed by atoms with van der Waals surface area (Å²) in [7, 11) is 0. The summed E-state index contributed by atoms with van der Waals surface area (Å²) in [5, 5.41) is 0. The molecule has 24 heavy (non-hydrogen) atoms. The predicted molar refractivity (Wildman–Crippen MR) is 89.1 cm³/mol. The van der Waals surface area contributed by atoms with Gasteiger partial charge in [0.1, 0.15) is 5.69 Å². The first-order chi connectivity index (χ1) is 11.8. The Bertz CT molecular complexity index is 814. The fourth-order valence-electron chi connectivity index (χ4n) is 3.10. The van der Waals surface area contributed by atoms with E-state index in [-0.39, 0.29) is 11.9 Å². The number of nitrogens with zero attached hydrogens (tertiary/aromatic N) is 4. The van der Waals surface area contributed by atoms with Crippen molar-refractivity contribution in [3.05, 3.63) is 66.4 Å². The second-order valence-corrected chi connectivity index (χ2v) is 5.79. The average Bonchev–Trinajstić information content (AvgIpc) is 3.34. The van der Waals surface area contributed by atoms with Crippen LogP contribution in [0, 0.1) is 0 Å². The minimum Gasteiger partial charge on any atom is -0.343 e. The third-order valence-corrected chi connectivity index (χ3v) is 4.29. The highest BCUT2D eigenvalue weighted by molar-refractivity contribution is 5.94. The summed E-state index contributed by atoms with van der Waals surface area (Å²) in [6, 6.07) is 9.37. The molecular weight excluding hydrogens is 302 g/mol. The molecule has 4 rings (SSSR count). The lowest BCUT2D eigenvalue weighted by Gasteiger charge is -2.24. The van der Waals surface area contributed by atoms with Crippen LogP contribution >= 0.6 is 0 Å². The van der Waals surface area contributed by atoms with Crippen LogP contribution in [0.1, 0.15) is 34.9 Å². The Morgan fingerprint density at radius 1 is 1.12 bits per heavy atom. The molecule has 1 aromatic carbocycles. The van der Waals surface area contributed by atoms with E-state index in [0.717, 1.165) is 25.1 Å². The summed E-state index contributed by atoms with van der Waals surface area (Å²) in [4.78, 5) is 30.8.